The van der Waals surface area contributed by atoms with E-state index in [1.54, 1.807) is 39.0 Å². The number of H-pyrrole nitrogens is 1. The number of rotatable bonds is 8. The Bertz CT molecular complexity index is 763. The second-order valence-electron chi connectivity index (χ2n) is 5.44. The highest BCUT2D eigenvalue weighted by Crippen LogP contribution is 2.27. The molecule has 2 rings (SSSR count). The van der Waals surface area contributed by atoms with Crippen LogP contribution < -0.4 is 9.47 Å². The number of carbonyl (C=O) groups is 2. The summed E-state index contributed by atoms with van der Waals surface area (Å²) < 4.78 is 16.2. The molecule has 0 aliphatic carbocycles. The van der Waals surface area contributed by atoms with Gasteiger partial charge in [0.15, 0.2) is 18.1 Å². The number of aryl methyl sites for hydroxylation is 2. The Morgan fingerprint density at radius 1 is 0.920 bits per heavy atom. The SMILES string of the molecule is CCOC(=O)c1c(C)[nH]c(C)c1C(=O)COc1ccccc1OCC. The highest BCUT2D eigenvalue weighted by Gasteiger charge is 2.25. The molecule has 6 heteroatoms. The Morgan fingerprint density at radius 3 is 2.12 bits per heavy atom. The average Bonchev–Trinajstić information content (AvgIpc) is 2.88. The molecule has 134 valence electrons. The van der Waals surface area contributed by atoms with Gasteiger partial charge in [-0.3, -0.25) is 4.79 Å². The highest BCUT2D eigenvalue weighted by molar-refractivity contribution is 6.08. The molecule has 0 fully saturated rings. The zero-order valence-corrected chi connectivity index (χ0v) is 15.0. The molecule has 0 aliphatic rings. The zero-order valence-electron chi connectivity index (χ0n) is 15.0. The molecule has 0 atom stereocenters. The van der Waals surface area contributed by atoms with Crippen LogP contribution >= 0.6 is 0 Å². The van der Waals surface area contributed by atoms with Crippen molar-refractivity contribution in [3.63, 3.8) is 0 Å². The second kappa shape index (κ2) is 8.37. The maximum Gasteiger partial charge on any atom is 0.340 e. The van der Waals surface area contributed by atoms with Crippen LogP contribution in [0.1, 0.15) is 46.0 Å². The van der Waals surface area contributed by atoms with Crippen molar-refractivity contribution < 1.29 is 23.8 Å². The van der Waals surface area contributed by atoms with E-state index in [4.69, 9.17) is 14.2 Å². The van der Waals surface area contributed by atoms with Crippen molar-refractivity contribution in [3.8, 4) is 11.5 Å². The minimum Gasteiger partial charge on any atom is -0.490 e. The van der Waals surface area contributed by atoms with Gasteiger partial charge in [-0.25, -0.2) is 4.79 Å². The summed E-state index contributed by atoms with van der Waals surface area (Å²) in [5, 5.41) is 0. The van der Waals surface area contributed by atoms with Gasteiger partial charge in [0.2, 0.25) is 5.78 Å². The summed E-state index contributed by atoms with van der Waals surface area (Å²) in [6, 6.07) is 7.15. The largest absolute Gasteiger partial charge is 0.490 e. The first-order chi connectivity index (χ1) is 12.0. The van der Waals surface area contributed by atoms with E-state index in [-0.39, 0.29) is 24.6 Å². The maximum absolute atomic E-state index is 12.7. The van der Waals surface area contributed by atoms with E-state index in [2.05, 4.69) is 4.98 Å². The molecule has 2 aromatic rings. The number of para-hydroxylation sites is 2. The fourth-order valence-corrected chi connectivity index (χ4v) is 2.65. The Kier molecular flexibility index (Phi) is 6.22. The molecule has 6 nitrogen and oxygen atoms in total. The summed E-state index contributed by atoms with van der Waals surface area (Å²) in [6.45, 7) is 7.63. The first-order valence-corrected chi connectivity index (χ1v) is 8.23. The monoisotopic (exact) mass is 345 g/mol. The lowest BCUT2D eigenvalue weighted by Crippen LogP contribution is -2.17. The fraction of sp³-hybridized carbons (Fsp3) is 0.368. The van der Waals surface area contributed by atoms with E-state index in [1.807, 2.05) is 13.0 Å². The summed E-state index contributed by atoms with van der Waals surface area (Å²) in [6.07, 6.45) is 0. The number of aromatic nitrogens is 1. The lowest BCUT2D eigenvalue weighted by Gasteiger charge is -2.11. The predicted molar refractivity (Wildman–Crippen MR) is 93.7 cm³/mol. The molecule has 1 aromatic carbocycles. The molecule has 25 heavy (non-hydrogen) atoms. The van der Waals surface area contributed by atoms with Crippen molar-refractivity contribution in [2.45, 2.75) is 27.7 Å². The molecule has 0 unspecified atom stereocenters. The number of benzene rings is 1. The summed E-state index contributed by atoms with van der Waals surface area (Å²) in [4.78, 5) is 27.8. The molecule has 0 saturated heterocycles. The molecule has 1 aromatic heterocycles. The van der Waals surface area contributed by atoms with Crippen molar-refractivity contribution >= 4 is 11.8 Å². The third-order valence-corrected chi connectivity index (χ3v) is 3.64. The van der Waals surface area contributed by atoms with Gasteiger partial charge < -0.3 is 19.2 Å². The number of Topliss-reactive ketones (excluding diaryl/α,β-unsaturated/α-hetero) is 1. The Labute approximate surface area is 147 Å². The van der Waals surface area contributed by atoms with Crippen LogP contribution in [0.5, 0.6) is 11.5 Å². The quantitative estimate of drug-likeness (QED) is 0.585. The first kappa shape index (κ1) is 18.6. The fourth-order valence-electron chi connectivity index (χ4n) is 2.65. The predicted octanol–water partition coefficient (Wildman–Crippen LogP) is 3.47. The van der Waals surface area contributed by atoms with Crippen LogP contribution in [0.25, 0.3) is 0 Å². The molecule has 0 amide bonds. The normalized spacial score (nSPS) is 10.4. The van der Waals surface area contributed by atoms with Gasteiger partial charge in [0.1, 0.15) is 0 Å². The summed E-state index contributed by atoms with van der Waals surface area (Å²) >= 11 is 0. The standard InChI is InChI=1S/C19H23NO5/c1-5-23-15-9-7-8-10-16(15)25-11-14(21)17-12(3)20-13(4)18(17)19(22)24-6-2/h7-10,20H,5-6,11H2,1-4H3. The summed E-state index contributed by atoms with van der Waals surface area (Å²) in [5.41, 5.74) is 1.80. The van der Waals surface area contributed by atoms with E-state index in [1.165, 1.54) is 0 Å². The Hall–Kier alpha value is -2.76. The minimum absolute atomic E-state index is 0.200. The van der Waals surface area contributed by atoms with Gasteiger partial charge in [-0.2, -0.15) is 0 Å². The number of ether oxygens (including phenoxy) is 3. The third-order valence-electron chi connectivity index (χ3n) is 3.64. The Morgan fingerprint density at radius 2 is 1.52 bits per heavy atom. The number of ketones is 1. The lowest BCUT2D eigenvalue weighted by atomic mass is 10.1. The average molecular weight is 345 g/mol. The van der Waals surface area contributed by atoms with Crippen LogP contribution in [-0.4, -0.2) is 36.6 Å². The molecule has 1 N–H and O–H groups in total. The first-order valence-electron chi connectivity index (χ1n) is 8.23. The molecule has 0 aliphatic heterocycles. The molecular weight excluding hydrogens is 322 g/mol. The van der Waals surface area contributed by atoms with Gasteiger partial charge in [-0.15, -0.1) is 0 Å². The van der Waals surface area contributed by atoms with E-state index in [0.29, 0.717) is 35.1 Å². The van der Waals surface area contributed by atoms with Crippen molar-refractivity contribution in [1.29, 1.82) is 0 Å². The number of esters is 1. The van der Waals surface area contributed by atoms with Crippen LogP contribution in [0.3, 0.4) is 0 Å². The topological polar surface area (TPSA) is 77.6 Å². The minimum atomic E-state index is -0.512. The lowest BCUT2D eigenvalue weighted by molar-refractivity contribution is 0.0522. The van der Waals surface area contributed by atoms with Gasteiger partial charge in [0, 0.05) is 11.4 Å². The molecule has 0 bridgehead atoms. The van der Waals surface area contributed by atoms with Crippen LogP contribution in [0, 0.1) is 13.8 Å². The van der Waals surface area contributed by atoms with E-state index in [9.17, 15) is 9.59 Å². The molecular formula is C19H23NO5. The third kappa shape index (κ3) is 4.21. The number of nitrogens with one attached hydrogen (secondary N) is 1. The van der Waals surface area contributed by atoms with Crippen LogP contribution in [-0.2, 0) is 4.74 Å². The summed E-state index contributed by atoms with van der Waals surface area (Å²) in [5.74, 6) is 0.254. The van der Waals surface area contributed by atoms with Gasteiger partial charge in [-0.1, -0.05) is 12.1 Å². The van der Waals surface area contributed by atoms with Gasteiger partial charge in [0.05, 0.1) is 24.3 Å². The molecule has 1 heterocycles. The molecule has 0 radical (unpaired) electrons. The van der Waals surface area contributed by atoms with Crippen molar-refractivity contribution in [2.24, 2.45) is 0 Å². The van der Waals surface area contributed by atoms with Crippen LogP contribution in [0.2, 0.25) is 0 Å². The molecule has 0 saturated carbocycles. The van der Waals surface area contributed by atoms with Crippen molar-refractivity contribution in [2.75, 3.05) is 19.8 Å². The van der Waals surface area contributed by atoms with Crippen LogP contribution in [0.15, 0.2) is 24.3 Å². The summed E-state index contributed by atoms with van der Waals surface area (Å²) in [7, 11) is 0. The van der Waals surface area contributed by atoms with E-state index < -0.39 is 5.97 Å². The van der Waals surface area contributed by atoms with Crippen molar-refractivity contribution in [3.05, 3.63) is 46.8 Å². The smallest absolute Gasteiger partial charge is 0.340 e. The Balaban J connectivity index is 2.21. The number of hydrogen-bond acceptors (Lipinski definition) is 5. The van der Waals surface area contributed by atoms with Gasteiger partial charge >= 0.3 is 5.97 Å². The van der Waals surface area contributed by atoms with Crippen LogP contribution in [0.4, 0.5) is 0 Å². The van der Waals surface area contributed by atoms with Crippen molar-refractivity contribution in [1.82, 2.24) is 4.98 Å². The maximum atomic E-state index is 12.7. The number of aromatic amines is 1. The number of hydrogen-bond donors (Lipinski definition) is 1. The number of carbonyl (C=O) groups excluding carboxylic acids is 2. The van der Waals surface area contributed by atoms with E-state index in [0.717, 1.165) is 0 Å². The van der Waals surface area contributed by atoms with E-state index >= 15 is 0 Å². The van der Waals surface area contributed by atoms with Gasteiger partial charge in [-0.05, 0) is 39.8 Å². The second-order valence-corrected chi connectivity index (χ2v) is 5.44. The highest BCUT2D eigenvalue weighted by atomic mass is 16.5. The molecule has 0 spiro atoms. The zero-order chi connectivity index (χ0) is 18.4. The van der Waals surface area contributed by atoms with Gasteiger partial charge in [0.25, 0.3) is 0 Å².